The first-order chi connectivity index (χ1) is 13.4. The summed E-state index contributed by atoms with van der Waals surface area (Å²) in [6.07, 6.45) is 3.28. The van der Waals surface area contributed by atoms with Gasteiger partial charge in [-0.1, -0.05) is 19.9 Å². The SMILES string of the molecule is COc1ccc(C)cc1-n1ccc(C(=O)NC2CCN(C(=O)C(C)C)CC2)n1. The zero-order chi connectivity index (χ0) is 20.3. The number of benzene rings is 1. The number of amides is 2. The van der Waals surface area contributed by atoms with E-state index < -0.39 is 0 Å². The second-order valence-corrected chi connectivity index (χ2v) is 7.55. The Balaban J connectivity index is 1.63. The lowest BCUT2D eigenvalue weighted by Crippen LogP contribution is -2.47. The van der Waals surface area contributed by atoms with Crippen LogP contribution in [-0.2, 0) is 4.79 Å². The summed E-state index contributed by atoms with van der Waals surface area (Å²) in [6.45, 7) is 7.18. The van der Waals surface area contributed by atoms with Crippen molar-refractivity contribution in [1.82, 2.24) is 20.0 Å². The molecule has 3 rings (SSSR count). The van der Waals surface area contributed by atoms with Gasteiger partial charge >= 0.3 is 0 Å². The first kappa shape index (κ1) is 19.9. The van der Waals surface area contributed by atoms with E-state index in [1.807, 2.05) is 43.9 Å². The number of carbonyl (C=O) groups excluding carboxylic acids is 2. The average molecular weight is 384 g/mol. The molecule has 1 saturated heterocycles. The highest BCUT2D eigenvalue weighted by Gasteiger charge is 2.25. The van der Waals surface area contributed by atoms with Crippen molar-refractivity contribution in [2.75, 3.05) is 20.2 Å². The molecular weight excluding hydrogens is 356 g/mol. The van der Waals surface area contributed by atoms with Crippen molar-refractivity contribution < 1.29 is 14.3 Å². The molecule has 0 radical (unpaired) electrons. The fourth-order valence-electron chi connectivity index (χ4n) is 3.43. The molecule has 0 saturated carbocycles. The van der Waals surface area contributed by atoms with E-state index in [0.29, 0.717) is 24.5 Å². The fourth-order valence-corrected chi connectivity index (χ4v) is 3.43. The molecular formula is C21H28N4O3. The number of piperidine rings is 1. The summed E-state index contributed by atoms with van der Waals surface area (Å²) in [5, 5.41) is 7.47. The van der Waals surface area contributed by atoms with Gasteiger partial charge in [0.2, 0.25) is 5.91 Å². The van der Waals surface area contributed by atoms with Gasteiger partial charge in [-0.25, -0.2) is 4.68 Å². The van der Waals surface area contributed by atoms with Gasteiger partial charge in [0.15, 0.2) is 5.69 Å². The molecule has 7 nitrogen and oxygen atoms in total. The molecule has 2 heterocycles. The quantitative estimate of drug-likeness (QED) is 0.860. The van der Waals surface area contributed by atoms with E-state index in [-0.39, 0.29) is 23.8 Å². The van der Waals surface area contributed by atoms with Crippen molar-refractivity contribution in [2.45, 2.75) is 39.7 Å². The van der Waals surface area contributed by atoms with Crippen LogP contribution >= 0.6 is 0 Å². The molecule has 1 aliphatic rings. The van der Waals surface area contributed by atoms with Crippen molar-refractivity contribution in [1.29, 1.82) is 0 Å². The largest absolute Gasteiger partial charge is 0.494 e. The molecule has 1 aliphatic heterocycles. The number of aromatic nitrogens is 2. The Morgan fingerprint density at radius 1 is 1.21 bits per heavy atom. The van der Waals surface area contributed by atoms with Crippen LogP contribution < -0.4 is 10.1 Å². The van der Waals surface area contributed by atoms with Gasteiger partial charge in [0, 0.05) is 31.2 Å². The van der Waals surface area contributed by atoms with Crippen LogP contribution in [0.25, 0.3) is 5.69 Å². The molecule has 2 aromatic rings. The highest BCUT2D eigenvalue weighted by molar-refractivity contribution is 5.92. The minimum absolute atomic E-state index is 0.00807. The van der Waals surface area contributed by atoms with E-state index in [0.717, 1.165) is 24.1 Å². The van der Waals surface area contributed by atoms with Crippen LogP contribution in [0.1, 0.15) is 42.7 Å². The molecule has 7 heteroatoms. The Labute approximate surface area is 165 Å². The lowest BCUT2D eigenvalue weighted by atomic mass is 10.0. The van der Waals surface area contributed by atoms with Crippen LogP contribution in [0.2, 0.25) is 0 Å². The van der Waals surface area contributed by atoms with Gasteiger partial charge in [-0.2, -0.15) is 5.10 Å². The zero-order valence-corrected chi connectivity index (χ0v) is 16.9. The van der Waals surface area contributed by atoms with E-state index in [1.165, 1.54) is 0 Å². The van der Waals surface area contributed by atoms with Crippen LogP contribution in [0.4, 0.5) is 0 Å². The Morgan fingerprint density at radius 3 is 2.57 bits per heavy atom. The molecule has 0 atom stereocenters. The highest BCUT2D eigenvalue weighted by Crippen LogP contribution is 2.23. The molecule has 0 bridgehead atoms. The molecule has 0 unspecified atom stereocenters. The minimum Gasteiger partial charge on any atom is -0.494 e. The number of nitrogens with zero attached hydrogens (tertiary/aromatic N) is 3. The normalized spacial score (nSPS) is 15.0. The number of rotatable bonds is 5. The average Bonchev–Trinajstić information content (AvgIpc) is 3.18. The molecule has 0 spiro atoms. The summed E-state index contributed by atoms with van der Waals surface area (Å²) >= 11 is 0. The fraction of sp³-hybridized carbons (Fsp3) is 0.476. The second kappa shape index (κ2) is 8.46. The number of nitrogens with one attached hydrogen (secondary N) is 1. The lowest BCUT2D eigenvalue weighted by Gasteiger charge is -2.33. The predicted molar refractivity (Wildman–Crippen MR) is 107 cm³/mol. The number of carbonyl (C=O) groups is 2. The Hall–Kier alpha value is -2.83. The van der Waals surface area contributed by atoms with Crippen molar-refractivity contribution >= 4 is 11.8 Å². The third-order valence-corrected chi connectivity index (χ3v) is 5.04. The van der Waals surface area contributed by atoms with Crippen LogP contribution in [0.15, 0.2) is 30.5 Å². The number of methoxy groups -OCH3 is 1. The smallest absolute Gasteiger partial charge is 0.272 e. The molecule has 1 aromatic carbocycles. The Bertz CT molecular complexity index is 851. The van der Waals surface area contributed by atoms with E-state index in [9.17, 15) is 9.59 Å². The predicted octanol–water partition coefficient (Wildman–Crippen LogP) is 2.57. The van der Waals surface area contributed by atoms with Crippen LogP contribution in [0, 0.1) is 12.8 Å². The Morgan fingerprint density at radius 2 is 1.93 bits per heavy atom. The monoisotopic (exact) mass is 384 g/mol. The van der Waals surface area contributed by atoms with Crippen molar-refractivity contribution in [3.05, 3.63) is 41.7 Å². The first-order valence-electron chi connectivity index (χ1n) is 9.69. The molecule has 28 heavy (non-hydrogen) atoms. The summed E-state index contributed by atoms with van der Waals surface area (Å²) in [5.41, 5.74) is 2.24. The summed E-state index contributed by atoms with van der Waals surface area (Å²) in [4.78, 5) is 26.6. The molecule has 150 valence electrons. The van der Waals surface area contributed by atoms with Gasteiger partial charge in [0.1, 0.15) is 11.4 Å². The van der Waals surface area contributed by atoms with Gasteiger partial charge in [-0.3, -0.25) is 9.59 Å². The van der Waals surface area contributed by atoms with E-state index in [4.69, 9.17) is 4.74 Å². The number of ether oxygens (including phenoxy) is 1. The second-order valence-electron chi connectivity index (χ2n) is 7.55. The maximum Gasteiger partial charge on any atom is 0.272 e. The first-order valence-corrected chi connectivity index (χ1v) is 9.69. The van der Waals surface area contributed by atoms with Crippen LogP contribution in [0.5, 0.6) is 5.75 Å². The molecule has 1 aromatic heterocycles. The summed E-state index contributed by atoms with van der Waals surface area (Å²) in [6, 6.07) is 7.58. The molecule has 0 aliphatic carbocycles. The van der Waals surface area contributed by atoms with Crippen LogP contribution in [0.3, 0.4) is 0 Å². The third kappa shape index (κ3) is 4.35. The van der Waals surface area contributed by atoms with E-state index in [1.54, 1.807) is 24.1 Å². The van der Waals surface area contributed by atoms with E-state index >= 15 is 0 Å². The van der Waals surface area contributed by atoms with Gasteiger partial charge in [0.25, 0.3) is 5.91 Å². The topological polar surface area (TPSA) is 76.5 Å². The third-order valence-electron chi connectivity index (χ3n) is 5.04. The summed E-state index contributed by atoms with van der Waals surface area (Å²) in [7, 11) is 1.61. The Kier molecular flexibility index (Phi) is 6.02. The number of likely N-dealkylation sites (tertiary alicyclic amines) is 1. The molecule has 2 amide bonds. The summed E-state index contributed by atoms with van der Waals surface area (Å²) in [5.74, 6) is 0.686. The van der Waals surface area contributed by atoms with Crippen molar-refractivity contribution in [3.8, 4) is 11.4 Å². The number of hydrogen-bond donors (Lipinski definition) is 1. The van der Waals surface area contributed by atoms with Crippen LogP contribution in [-0.4, -0.2) is 52.7 Å². The molecule has 1 N–H and O–H groups in total. The zero-order valence-electron chi connectivity index (χ0n) is 16.9. The molecule has 1 fully saturated rings. The summed E-state index contributed by atoms with van der Waals surface area (Å²) < 4.78 is 7.06. The number of hydrogen-bond acceptors (Lipinski definition) is 4. The van der Waals surface area contributed by atoms with Crippen molar-refractivity contribution in [3.63, 3.8) is 0 Å². The minimum atomic E-state index is -0.195. The standard InChI is InChI=1S/C21H28N4O3/c1-14(2)21(27)24-10-7-16(8-11-24)22-20(26)17-9-12-25(23-17)18-13-15(3)5-6-19(18)28-4/h5-6,9,12-14,16H,7-8,10-11H2,1-4H3,(H,22,26). The maximum absolute atomic E-state index is 12.6. The van der Waals surface area contributed by atoms with Gasteiger partial charge in [-0.05, 0) is 43.5 Å². The highest BCUT2D eigenvalue weighted by atomic mass is 16.5. The van der Waals surface area contributed by atoms with Gasteiger partial charge in [-0.15, -0.1) is 0 Å². The maximum atomic E-state index is 12.6. The number of aryl methyl sites for hydroxylation is 1. The van der Waals surface area contributed by atoms with E-state index in [2.05, 4.69) is 10.4 Å². The lowest BCUT2D eigenvalue weighted by molar-refractivity contribution is -0.135. The van der Waals surface area contributed by atoms with Gasteiger partial charge in [0.05, 0.1) is 7.11 Å². The van der Waals surface area contributed by atoms with Gasteiger partial charge < -0.3 is 15.0 Å². The van der Waals surface area contributed by atoms with Crippen molar-refractivity contribution in [2.24, 2.45) is 5.92 Å².